The predicted molar refractivity (Wildman–Crippen MR) is 53.6 cm³/mol. The van der Waals surface area contributed by atoms with E-state index in [0.717, 1.165) is 12.0 Å². The number of nitrogens with two attached hydrogens (primary N) is 1. The van der Waals surface area contributed by atoms with Crippen molar-refractivity contribution in [1.82, 2.24) is 0 Å². The summed E-state index contributed by atoms with van der Waals surface area (Å²) in [5, 5.41) is 0. The molecule has 0 aromatic heterocycles. The maximum Gasteiger partial charge on any atom is 0.403 e. The molecule has 1 rings (SSSR count). The third-order valence-corrected chi connectivity index (χ3v) is 2.36. The zero-order valence-corrected chi connectivity index (χ0v) is 8.51. The standard InChI is InChI=1S/C11H14F3N/c1-2-8-5-3-4-6-9(8)7-10(15)11(12,13)14/h3-6,10H,2,7,15H2,1H3/t10-/m0/s1. The normalized spacial score (nSPS) is 13.9. The zero-order valence-electron chi connectivity index (χ0n) is 8.51. The number of aryl methyl sites for hydroxylation is 1. The molecule has 15 heavy (non-hydrogen) atoms. The molecule has 0 radical (unpaired) electrons. The summed E-state index contributed by atoms with van der Waals surface area (Å²) in [5.41, 5.74) is 6.69. The number of rotatable bonds is 3. The molecule has 0 amide bonds. The van der Waals surface area contributed by atoms with E-state index >= 15 is 0 Å². The summed E-state index contributed by atoms with van der Waals surface area (Å²) in [5.74, 6) is 0. The summed E-state index contributed by atoms with van der Waals surface area (Å²) in [4.78, 5) is 0. The lowest BCUT2D eigenvalue weighted by atomic mass is 9.99. The number of hydrogen-bond acceptors (Lipinski definition) is 1. The van der Waals surface area contributed by atoms with Gasteiger partial charge in [-0.25, -0.2) is 0 Å². The fourth-order valence-electron chi connectivity index (χ4n) is 1.45. The van der Waals surface area contributed by atoms with Crippen LogP contribution in [0.3, 0.4) is 0 Å². The predicted octanol–water partition coefficient (Wildman–Crippen LogP) is 2.68. The molecule has 1 aromatic carbocycles. The molecular weight excluding hydrogens is 203 g/mol. The average molecular weight is 217 g/mol. The second-order valence-corrected chi connectivity index (χ2v) is 3.47. The van der Waals surface area contributed by atoms with Crippen LogP contribution in [0.25, 0.3) is 0 Å². The molecule has 4 heteroatoms. The summed E-state index contributed by atoms with van der Waals surface area (Å²) in [7, 11) is 0. The fraction of sp³-hybridized carbons (Fsp3) is 0.455. The first kappa shape index (κ1) is 12.0. The first-order chi connectivity index (χ1) is 6.95. The van der Waals surface area contributed by atoms with Gasteiger partial charge in [-0.2, -0.15) is 13.2 Å². The van der Waals surface area contributed by atoms with Gasteiger partial charge in [-0.05, 0) is 24.0 Å². The van der Waals surface area contributed by atoms with Crippen molar-refractivity contribution in [2.24, 2.45) is 5.73 Å². The van der Waals surface area contributed by atoms with Crippen LogP contribution in [-0.4, -0.2) is 12.2 Å². The van der Waals surface area contributed by atoms with Crippen molar-refractivity contribution in [3.05, 3.63) is 35.4 Å². The van der Waals surface area contributed by atoms with Gasteiger partial charge in [0.05, 0.1) is 0 Å². The molecule has 1 aromatic rings. The number of hydrogen-bond donors (Lipinski definition) is 1. The lowest BCUT2D eigenvalue weighted by Crippen LogP contribution is -2.39. The third kappa shape index (κ3) is 3.23. The molecule has 0 aliphatic heterocycles. The van der Waals surface area contributed by atoms with E-state index in [1.165, 1.54) is 0 Å². The van der Waals surface area contributed by atoms with Crippen molar-refractivity contribution in [2.75, 3.05) is 0 Å². The molecule has 0 heterocycles. The van der Waals surface area contributed by atoms with E-state index in [-0.39, 0.29) is 6.42 Å². The Morgan fingerprint density at radius 3 is 2.20 bits per heavy atom. The maximum absolute atomic E-state index is 12.2. The highest BCUT2D eigenvalue weighted by molar-refractivity contribution is 5.28. The quantitative estimate of drug-likeness (QED) is 0.827. The largest absolute Gasteiger partial charge is 0.403 e. The minimum Gasteiger partial charge on any atom is -0.320 e. The topological polar surface area (TPSA) is 26.0 Å². The number of alkyl halides is 3. The smallest absolute Gasteiger partial charge is 0.320 e. The second kappa shape index (κ2) is 4.66. The Morgan fingerprint density at radius 2 is 1.73 bits per heavy atom. The van der Waals surface area contributed by atoms with Gasteiger partial charge < -0.3 is 5.73 Å². The van der Waals surface area contributed by atoms with Gasteiger partial charge in [-0.15, -0.1) is 0 Å². The van der Waals surface area contributed by atoms with Crippen molar-refractivity contribution >= 4 is 0 Å². The molecule has 2 N–H and O–H groups in total. The van der Waals surface area contributed by atoms with Gasteiger partial charge in [0.25, 0.3) is 0 Å². The van der Waals surface area contributed by atoms with Gasteiger partial charge in [0.1, 0.15) is 6.04 Å². The van der Waals surface area contributed by atoms with Crippen LogP contribution in [0.5, 0.6) is 0 Å². The van der Waals surface area contributed by atoms with Gasteiger partial charge in [0, 0.05) is 0 Å². The number of benzene rings is 1. The van der Waals surface area contributed by atoms with Crippen LogP contribution in [0.2, 0.25) is 0 Å². The van der Waals surface area contributed by atoms with E-state index in [1.54, 1.807) is 12.1 Å². The molecule has 0 spiro atoms. The maximum atomic E-state index is 12.2. The Labute approximate surface area is 87.1 Å². The van der Waals surface area contributed by atoms with Crippen molar-refractivity contribution in [2.45, 2.75) is 32.0 Å². The second-order valence-electron chi connectivity index (χ2n) is 3.47. The first-order valence-corrected chi connectivity index (χ1v) is 4.84. The zero-order chi connectivity index (χ0) is 11.5. The Bertz CT molecular complexity index is 320. The van der Waals surface area contributed by atoms with E-state index in [0.29, 0.717) is 5.56 Å². The van der Waals surface area contributed by atoms with E-state index in [4.69, 9.17) is 5.73 Å². The van der Waals surface area contributed by atoms with Crippen molar-refractivity contribution in [3.8, 4) is 0 Å². The van der Waals surface area contributed by atoms with Crippen LogP contribution in [0.1, 0.15) is 18.1 Å². The lowest BCUT2D eigenvalue weighted by Gasteiger charge is -2.17. The van der Waals surface area contributed by atoms with E-state index < -0.39 is 12.2 Å². The Kier molecular flexibility index (Phi) is 3.74. The van der Waals surface area contributed by atoms with Crippen LogP contribution in [0, 0.1) is 0 Å². The molecule has 0 aliphatic carbocycles. The molecule has 84 valence electrons. The summed E-state index contributed by atoms with van der Waals surface area (Å²) in [6, 6.07) is 5.31. The monoisotopic (exact) mass is 217 g/mol. The summed E-state index contributed by atoms with van der Waals surface area (Å²) in [6.07, 6.45) is -3.74. The van der Waals surface area contributed by atoms with Crippen LogP contribution in [0.4, 0.5) is 13.2 Å². The third-order valence-electron chi connectivity index (χ3n) is 2.36. The van der Waals surface area contributed by atoms with Crippen LogP contribution < -0.4 is 5.73 Å². The number of halogens is 3. The fourth-order valence-corrected chi connectivity index (χ4v) is 1.45. The summed E-state index contributed by atoms with van der Waals surface area (Å²) < 4.78 is 36.7. The van der Waals surface area contributed by atoms with Gasteiger partial charge in [-0.1, -0.05) is 31.2 Å². The van der Waals surface area contributed by atoms with Crippen LogP contribution >= 0.6 is 0 Å². The van der Waals surface area contributed by atoms with Gasteiger partial charge >= 0.3 is 6.18 Å². The van der Waals surface area contributed by atoms with Crippen molar-refractivity contribution < 1.29 is 13.2 Å². The van der Waals surface area contributed by atoms with Crippen LogP contribution in [0.15, 0.2) is 24.3 Å². The highest BCUT2D eigenvalue weighted by Crippen LogP contribution is 2.22. The minimum absolute atomic E-state index is 0.145. The van der Waals surface area contributed by atoms with Crippen molar-refractivity contribution in [1.29, 1.82) is 0 Å². The molecule has 1 nitrogen and oxygen atoms in total. The van der Waals surface area contributed by atoms with E-state index in [1.807, 2.05) is 19.1 Å². The van der Waals surface area contributed by atoms with Gasteiger partial charge in [0.2, 0.25) is 0 Å². The SMILES string of the molecule is CCc1ccccc1C[C@H](N)C(F)(F)F. The lowest BCUT2D eigenvalue weighted by molar-refractivity contribution is -0.147. The molecule has 1 atom stereocenters. The molecule has 0 saturated carbocycles. The van der Waals surface area contributed by atoms with E-state index in [9.17, 15) is 13.2 Å². The van der Waals surface area contributed by atoms with Gasteiger partial charge in [-0.3, -0.25) is 0 Å². The Morgan fingerprint density at radius 1 is 1.20 bits per heavy atom. The highest BCUT2D eigenvalue weighted by atomic mass is 19.4. The first-order valence-electron chi connectivity index (χ1n) is 4.84. The Balaban J connectivity index is 2.80. The molecule has 0 saturated heterocycles. The summed E-state index contributed by atoms with van der Waals surface area (Å²) in [6.45, 7) is 1.91. The highest BCUT2D eigenvalue weighted by Gasteiger charge is 2.36. The molecule has 0 bridgehead atoms. The molecule has 0 unspecified atom stereocenters. The Hall–Kier alpha value is -1.03. The minimum atomic E-state index is -4.32. The molecule has 0 aliphatic rings. The average Bonchev–Trinajstić information content (AvgIpc) is 2.17. The molecular formula is C11H14F3N. The van der Waals surface area contributed by atoms with Crippen LogP contribution in [-0.2, 0) is 12.8 Å². The summed E-state index contributed by atoms with van der Waals surface area (Å²) >= 11 is 0. The molecule has 0 fully saturated rings. The van der Waals surface area contributed by atoms with Crippen molar-refractivity contribution in [3.63, 3.8) is 0 Å². The van der Waals surface area contributed by atoms with E-state index in [2.05, 4.69) is 0 Å². The van der Waals surface area contributed by atoms with Gasteiger partial charge in [0.15, 0.2) is 0 Å².